The van der Waals surface area contributed by atoms with Gasteiger partial charge in [0.2, 0.25) is 0 Å². The summed E-state index contributed by atoms with van der Waals surface area (Å²) in [6.07, 6.45) is 9.78. The number of hydrogen-bond donors (Lipinski definition) is 0. The number of hydrogen-bond acceptors (Lipinski definition) is 6. The van der Waals surface area contributed by atoms with Crippen molar-refractivity contribution in [3.05, 3.63) is 0 Å². The molecule has 0 saturated heterocycles. The molecule has 0 aliphatic rings. The van der Waals surface area contributed by atoms with Gasteiger partial charge in [0.05, 0.1) is 20.2 Å². The molecule has 23 heavy (non-hydrogen) atoms. The molecule has 0 rings (SSSR count). The SMILES string of the molecule is O=S(=O)([O-])CCCCCCCCCCCCCS(=O)(=O)[O-].[K+].[K+]. The van der Waals surface area contributed by atoms with Gasteiger partial charge in [0.25, 0.3) is 0 Å². The van der Waals surface area contributed by atoms with Crippen LogP contribution in [0.3, 0.4) is 0 Å². The van der Waals surface area contributed by atoms with Crippen LogP contribution in [0.5, 0.6) is 0 Å². The van der Waals surface area contributed by atoms with Crippen LogP contribution in [0.2, 0.25) is 0 Å². The van der Waals surface area contributed by atoms with E-state index in [9.17, 15) is 25.9 Å². The zero-order valence-electron chi connectivity index (χ0n) is 14.5. The maximum absolute atomic E-state index is 10.4. The van der Waals surface area contributed by atoms with Crippen LogP contribution in [0.15, 0.2) is 0 Å². The number of unbranched alkanes of at least 4 members (excludes halogenated alkanes) is 10. The van der Waals surface area contributed by atoms with Crippen molar-refractivity contribution in [1.29, 1.82) is 0 Å². The third-order valence-electron chi connectivity index (χ3n) is 3.29. The summed E-state index contributed by atoms with van der Waals surface area (Å²) in [5.41, 5.74) is 0. The summed E-state index contributed by atoms with van der Waals surface area (Å²) in [5.74, 6) is -0.516. The number of rotatable bonds is 14. The summed E-state index contributed by atoms with van der Waals surface area (Å²) in [4.78, 5) is 0. The van der Waals surface area contributed by atoms with Gasteiger partial charge in [0.1, 0.15) is 0 Å². The van der Waals surface area contributed by atoms with E-state index in [4.69, 9.17) is 0 Å². The zero-order valence-corrected chi connectivity index (χ0v) is 22.3. The third-order valence-corrected chi connectivity index (χ3v) is 4.87. The molecule has 0 bridgehead atoms. The molecule has 0 aromatic rings. The first kappa shape index (κ1) is 30.8. The van der Waals surface area contributed by atoms with E-state index in [2.05, 4.69) is 0 Å². The smallest absolute Gasteiger partial charge is 0.748 e. The molecule has 0 amide bonds. The summed E-state index contributed by atoms with van der Waals surface area (Å²) < 4.78 is 62.2. The Morgan fingerprint density at radius 1 is 0.435 bits per heavy atom. The maximum atomic E-state index is 10.4. The average Bonchev–Trinajstić information content (AvgIpc) is 2.32. The molecule has 0 heterocycles. The van der Waals surface area contributed by atoms with Crippen molar-refractivity contribution in [2.45, 2.75) is 70.6 Å². The zero-order chi connectivity index (χ0) is 16.2. The fraction of sp³-hybridized carbons (Fsp3) is 1.00. The van der Waals surface area contributed by atoms with Crippen molar-refractivity contribution < 1.29 is 129 Å². The Labute approximate surface area is 226 Å². The van der Waals surface area contributed by atoms with Gasteiger partial charge in [-0.2, -0.15) is 0 Å². The summed E-state index contributed by atoms with van der Waals surface area (Å²) in [7, 11) is -8.11. The summed E-state index contributed by atoms with van der Waals surface area (Å²) in [5, 5.41) is 0. The predicted octanol–water partition coefficient (Wildman–Crippen LogP) is -3.62. The Morgan fingerprint density at radius 2 is 0.609 bits per heavy atom. The Morgan fingerprint density at radius 3 is 0.783 bits per heavy atom. The standard InChI is InChI=1S/C13H28O6S2.2K/c14-20(15,16)12-10-8-6-4-2-1-3-5-7-9-11-13-21(17,18)19;;/h1-13H2,(H,14,15,16)(H,17,18,19);;/q;2*+1/p-2. The van der Waals surface area contributed by atoms with E-state index in [0.717, 1.165) is 57.8 Å². The molecule has 0 aromatic heterocycles. The molecule has 0 saturated carbocycles. The van der Waals surface area contributed by atoms with Crippen LogP contribution < -0.4 is 103 Å². The Balaban J connectivity index is -0.00000200. The second-order valence-electron chi connectivity index (χ2n) is 5.41. The van der Waals surface area contributed by atoms with E-state index in [-0.39, 0.29) is 114 Å². The van der Waals surface area contributed by atoms with Crippen LogP contribution in [-0.2, 0) is 20.2 Å². The van der Waals surface area contributed by atoms with Crippen molar-refractivity contribution in [2.75, 3.05) is 11.5 Å². The largest absolute Gasteiger partial charge is 1.00 e. The van der Waals surface area contributed by atoms with Gasteiger partial charge in [-0.05, 0) is 12.8 Å². The van der Waals surface area contributed by atoms with Gasteiger partial charge in [0.15, 0.2) is 0 Å². The molecule has 0 N–H and O–H groups in total. The third kappa shape index (κ3) is 30.1. The molecule has 0 aliphatic carbocycles. The monoisotopic (exact) mass is 420 g/mol. The topological polar surface area (TPSA) is 114 Å². The Bertz CT molecular complexity index is 409. The van der Waals surface area contributed by atoms with Crippen LogP contribution >= 0.6 is 0 Å². The summed E-state index contributed by atoms with van der Waals surface area (Å²) in [6.45, 7) is 0. The summed E-state index contributed by atoms with van der Waals surface area (Å²) >= 11 is 0. The van der Waals surface area contributed by atoms with Crippen molar-refractivity contribution in [3.8, 4) is 0 Å². The van der Waals surface area contributed by atoms with Crippen molar-refractivity contribution in [3.63, 3.8) is 0 Å². The van der Waals surface area contributed by atoms with Gasteiger partial charge in [0, 0.05) is 11.5 Å². The molecule has 0 fully saturated rings. The van der Waals surface area contributed by atoms with Crippen LogP contribution in [0, 0.1) is 0 Å². The molecule has 0 aliphatic heterocycles. The van der Waals surface area contributed by atoms with Crippen LogP contribution in [-0.4, -0.2) is 37.4 Å². The van der Waals surface area contributed by atoms with Crippen molar-refractivity contribution in [1.82, 2.24) is 0 Å². The van der Waals surface area contributed by atoms with Gasteiger partial charge in [-0.15, -0.1) is 0 Å². The van der Waals surface area contributed by atoms with Crippen molar-refractivity contribution in [2.24, 2.45) is 0 Å². The summed E-state index contributed by atoms with van der Waals surface area (Å²) in [6, 6.07) is 0. The van der Waals surface area contributed by atoms with Gasteiger partial charge in [-0.25, -0.2) is 16.8 Å². The normalized spacial score (nSPS) is 11.6. The Kier molecular flexibility index (Phi) is 24.7. The van der Waals surface area contributed by atoms with E-state index in [1.54, 1.807) is 0 Å². The van der Waals surface area contributed by atoms with Gasteiger partial charge in [-0.1, -0.05) is 57.8 Å². The second kappa shape index (κ2) is 18.5. The van der Waals surface area contributed by atoms with E-state index in [1.807, 2.05) is 0 Å². The van der Waals surface area contributed by atoms with Crippen molar-refractivity contribution >= 4 is 20.2 Å². The quantitative estimate of drug-likeness (QED) is 0.163. The van der Waals surface area contributed by atoms with Crippen LogP contribution in [0.1, 0.15) is 70.6 Å². The van der Waals surface area contributed by atoms with E-state index >= 15 is 0 Å². The molecule has 0 radical (unpaired) electrons. The van der Waals surface area contributed by atoms with Crippen LogP contribution in [0.4, 0.5) is 0 Å². The molecule has 0 unspecified atom stereocenters. The minimum absolute atomic E-state index is 0. The fourth-order valence-corrected chi connectivity index (χ4v) is 3.26. The molecule has 0 spiro atoms. The minimum Gasteiger partial charge on any atom is -0.748 e. The van der Waals surface area contributed by atoms with Gasteiger partial charge in [-0.3, -0.25) is 0 Å². The molecule has 128 valence electrons. The van der Waals surface area contributed by atoms with Gasteiger partial charge < -0.3 is 9.11 Å². The predicted molar refractivity (Wildman–Crippen MR) is 79.9 cm³/mol. The van der Waals surface area contributed by atoms with E-state index < -0.39 is 20.2 Å². The molecule has 0 atom stereocenters. The molecule has 6 nitrogen and oxygen atoms in total. The molecular formula is C13H26K2O6S2. The van der Waals surface area contributed by atoms with Gasteiger partial charge >= 0.3 is 103 Å². The average molecular weight is 421 g/mol. The minimum atomic E-state index is -4.05. The molecule has 0 aromatic carbocycles. The first-order chi connectivity index (χ1) is 9.71. The first-order valence-corrected chi connectivity index (χ1v) is 10.7. The second-order valence-corrected chi connectivity index (χ2v) is 8.46. The Hall–Kier alpha value is 3.09. The molecule has 10 heteroatoms. The first-order valence-electron chi connectivity index (χ1n) is 7.58. The van der Waals surface area contributed by atoms with Crippen LogP contribution in [0.25, 0.3) is 0 Å². The molecular weight excluding hydrogens is 394 g/mol. The fourth-order valence-electron chi connectivity index (χ4n) is 2.15. The maximum Gasteiger partial charge on any atom is 1.00 e. The van der Waals surface area contributed by atoms with E-state index in [1.165, 1.54) is 0 Å². The van der Waals surface area contributed by atoms with E-state index in [0.29, 0.717) is 12.8 Å².